The molecule has 8 heteroatoms. The normalized spacial score (nSPS) is 25.6. The van der Waals surface area contributed by atoms with Crippen LogP contribution in [-0.4, -0.2) is 83.3 Å². The van der Waals surface area contributed by atoms with Crippen molar-refractivity contribution in [2.45, 2.75) is 18.1 Å². The lowest BCUT2D eigenvalue weighted by molar-refractivity contribution is -0.112. The summed E-state index contributed by atoms with van der Waals surface area (Å²) in [5.74, 6) is -0.138. The average molecular weight is 398 g/mol. The van der Waals surface area contributed by atoms with Crippen molar-refractivity contribution in [2.24, 2.45) is 0 Å². The van der Waals surface area contributed by atoms with E-state index >= 15 is 0 Å². The second-order valence-corrected chi connectivity index (χ2v) is 7.41. The predicted molar refractivity (Wildman–Crippen MR) is 106 cm³/mol. The maximum atomic E-state index is 13.1. The molecule has 2 aliphatic heterocycles. The minimum Gasteiger partial charge on any atom is -0.467 e. The summed E-state index contributed by atoms with van der Waals surface area (Å²) in [5.41, 5.74) is 0.277. The highest BCUT2D eigenvalue weighted by atomic mass is 16.5. The minimum atomic E-state index is -1.02. The van der Waals surface area contributed by atoms with Crippen molar-refractivity contribution in [2.75, 3.05) is 46.5 Å². The molecule has 8 nitrogen and oxygen atoms in total. The van der Waals surface area contributed by atoms with Crippen LogP contribution in [0.3, 0.4) is 0 Å². The van der Waals surface area contributed by atoms with Crippen molar-refractivity contribution in [1.29, 1.82) is 0 Å². The number of ether oxygens (including phenoxy) is 2. The number of carbonyl (C=O) groups is 1. The monoisotopic (exact) mass is 398 g/mol. The zero-order chi connectivity index (χ0) is 20.3. The molecule has 2 aliphatic rings. The third-order valence-corrected chi connectivity index (χ3v) is 5.81. The molecule has 0 spiro atoms. The van der Waals surface area contributed by atoms with E-state index in [0.29, 0.717) is 38.3 Å². The molecule has 0 saturated carbocycles. The van der Waals surface area contributed by atoms with E-state index in [2.05, 4.69) is 14.9 Å². The van der Waals surface area contributed by atoms with Crippen LogP contribution in [0.4, 0.5) is 0 Å². The van der Waals surface area contributed by atoms with E-state index < -0.39 is 5.60 Å². The first-order chi connectivity index (χ1) is 14.1. The van der Waals surface area contributed by atoms with Crippen LogP contribution in [0.5, 0.6) is 6.01 Å². The van der Waals surface area contributed by atoms with E-state index in [0.717, 1.165) is 18.7 Å². The second-order valence-electron chi connectivity index (χ2n) is 7.41. The molecular weight excluding hydrogens is 372 g/mol. The number of nitrogens with zero attached hydrogens (tertiary/aromatic N) is 4. The maximum absolute atomic E-state index is 13.1. The van der Waals surface area contributed by atoms with Gasteiger partial charge in [-0.1, -0.05) is 30.3 Å². The lowest BCUT2D eigenvalue weighted by Gasteiger charge is -2.50. The highest BCUT2D eigenvalue weighted by molar-refractivity contribution is 5.93. The number of morpholine rings is 1. The van der Waals surface area contributed by atoms with Gasteiger partial charge in [-0.2, -0.15) is 0 Å². The van der Waals surface area contributed by atoms with Crippen LogP contribution in [0, 0.1) is 0 Å². The number of hydrogen-bond acceptors (Lipinski definition) is 7. The molecule has 2 aromatic rings. The molecule has 1 amide bonds. The molecule has 1 aromatic carbocycles. The number of piperidine rings is 1. The first-order valence-corrected chi connectivity index (χ1v) is 9.87. The summed E-state index contributed by atoms with van der Waals surface area (Å²) in [7, 11) is 1.48. The molecule has 154 valence electrons. The van der Waals surface area contributed by atoms with Crippen molar-refractivity contribution < 1.29 is 19.4 Å². The molecule has 2 atom stereocenters. The number of hydrogen-bond donors (Lipinski definition) is 1. The van der Waals surface area contributed by atoms with Gasteiger partial charge in [-0.3, -0.25) is 9.69 Å². The molecule has 0 radical (unpaired) electrons. The molecule has 0 unspecified atom stereocenters. The summed E-state index contributed by atoms with van der Waals surface area (Å²) in [6, 6.07) is 9.75. The topological polar surface area (TPSA) is 88.0 Å². The Morgan fingerprint density at radius 1 is 1.17 bits per heavy atom. The van der Waals surface area contributed by atoms with E-state index in [1.807, 2.05) is 30.3 Å². The highest BCUT2D eigenvalue weighted by Gasteiger charge is 2.47. The quantitative estimate of drug-likeness (QED) is 0.819. The third kappa shape index (κ3) is 3.96. The number of aliphatic hydroxyl groups is 1. The Kier molecular flexibility index (Phi) is 5.75. The Labute approximate surface area is 170 Å². The summed E-state index contributed by atoms with van der Waals surface area (Å²) >= 11 is 0. The van der Waals surface area contributed by atoms with Crippen molar-refractivity contribution in [3.05, 3.63) is 53.9 Å². The van der Waals surface area contributed by atoms with Crippen molar-refractivity contribution in [1.82, 2.24) is 19.8 Å². The maximum Gasteiger partial charge on any atom is 0.316 e. The Hall–Kier alpha value is -2.55. The first kappa shape index (κ1) is 19.8. The van der Waals surface area contributed by atoms with Gasteiger partial charge in [0.1, 0.15) is 5.60 Å². The SMILES string of the molecule is COc1ncc(C(=O)N2CC[C@](O)(c3ccccc3)[C@H](N3CCOCC3)C2)cn1. The molecule has 4 rings (SSSR count). The number of amides is 1. The molecular formula is C21H26N4O4. The largest absolute Gasteiger partial charge is 0.467 e. The number of methoxy groups -OCH3 is 1. The molecule has 0 aliphatic carbocycles. The standard InChI is InChI=1S/C21H26N4O4/c1-28-20-22-13-16(14-23-20)19(26)25-8-7-21(27,17-5-3-2-4-6-17)18(15-25)24-9-11-29-12-10-24/h2-6,13-14,18,27H,7-12,15H2,1H3/t18-,21+/m1/s1. The van der Waals surface area contributed by atoms with Gasteiger partial charge >= 0.3 is 6.01 Å². The Morgan fingerprint density at radius 2 is 1.86 bits per heavy atom. The molecule has 1 N–H and O–H groups in total. The van der Waals surface area contributed by atoms with Gasteiger partial charge in [0.25, 0.3) is 5.91 Å². The molecule has 2 fully saturated rings. The lowest BCUT2D eigenvalue weighted by atomic mass is 9.79. The Balaban J connectivity index is 1.59. The van der Waals surface area contributed by atoms with Crippen molar-refractivity contribution in [3.8, 4) is 6.01 Å². The highest BCUT2D eigenvalue weighted by Crippen LogP contribution is 2.36. The van der Waals surface area contributed by atoms with Crippen LogP contribution in [0.2, 0.25) is 0 Å². The predicted octanol–water partition coefficient (Wildman–Crippen LogP) is 0.920. The summed E-state index contributed by atoms with van der Waals surface area (Å²) in [4.78, 5) is 25.2. The zero-order valence-corrected chi connectivity index (χ0v) is 16.5. The average Bonchev–Trinajstić information content (AvgIpc) is 2.80. The zero-order valence-electron chi connectivity index (χ0n) is 16.5. The summed E-state index contributed by atoms with van der Waals surface area (Å²) in [5, 5.41) is 11.7. The van der Waals surface area contributed by atoms with Crippen LogP contribution in [0.25, 0.3) is 0 Å². The Bertz CT molecular complexity index is 826. The number of rotatable bonds is 4. The van der Waals surface area contributed by atoms with Crippen molar-refractivity contribution >= 4 is 5.91 Å². The molecule has 29 heavy (non-hydrogen) atoms. The number of aromatic nitrogens is 2. The van der Waals surface area contributed by atoms with Gasteiger partial charge in [-0.25, -0.2) is 9.97 Å². The summed E-state index contributed by atoms with van der Waals surface area (Å²) < 4.78 is 10.5. The van der Waals surface area contributed by atoms with E-state index in [9.17, 15) is 9.90 Å². The van der Waals surface area contributed by atoms with Crippen LogP contribution in [0.15, 0.2) is 42.7 Å². The fourth-order valence-corrected chi connectivity index (χ4v) is 4.19. The lowest BCUT2D eigenvalue weighted by Crippen LogP contribution is -2.63. The van der Waals surface area contributed by atoms with Gasteiger partial charge in [0, 0.05) is 38.6 Å². The fraction of sp³-hybridized carbons (Fsp3) is 0.476. The van der Waals surface area contributed by atoms with Crippen LogP contribution in [0.1, 0.15) is 22.3 Å². The van der Waals surface area contributed by atoms with Crippen LogP contribution < -0.4 is 4.74 Å². The van der Waals surface area contributed by atoms with Gasteiger partial charge in [0.05, 0.1) is 31.9 Å². The smallest absolute Gasteiger partial charge is 0.316 e. The van der Waals surface area contributed by atoms with E-state index in [1.54, 1.807) is 4.90 Å². The molecule has 1 aromatic heterocycles. The van der Waals surface area contributed by atoms with Gasteiger partial charge < -0.3 is 19.5 Å². The third-order valence-electron chi connectivity index (χ3n) is 5.81. The van der Waals surface area contributed by atoms with Gasteiger partial charge in [0.15, 0.2) is 0 Å². The Morgan fingerprint density at radius 3 is 2.52 bits per heavy atom. The summed E-state index contributed by atoms with van der Waals surface area (Å²) in [6.07, 6.45) is 3.42. The number of likely N-dealkylation sites (tertiary alicyclic amines) is 1. The van der Waals surface area contributed by atoms with E-state index in [1.165, 1.54) is 19.5 Å². The van der Waals surface area contributed by atoms with Crippen molar-refractivity contribution in [3.63, 3.8) is 0 Å². The van der Waals surface area contributed by atoms with Gasteiger partial charge in [-0.05, 0) is 12.0 Å². The van der Waals surface area contributed by atoms with Gasteiger partial charge in [0.2, 0.25) is 0 Å². The molecule has 2 saturated heterocycles. The van der Waals surface area contributed by atoms with Gasteiger partial charge in [-0.15, -0.1) is 0 Å². The van der Waals surface area contributed by atoms with E-state index in [4.69, 9.17) is 9.47 Å². The molecule has 3 heterocycles. The number of benzene rings is 1. The summed E-state index contributed by atoms with van der Waals surface area (Å²) in [6.45, 7) is 3.59. The minimum absolute atomic E-state index is 0.138. The fourth-order valence-electron chi connectivity index (χ4n) is 4.19. The second kappa shape index (κ2) is 8.44. The van der Waals surface area contributed by atoms with Crippen LogP contribution in [-0.2, 0) is 10.3 Å². The number of carbonyl (C=O) groups excluding carboxylic acids is 1. The first-order valence-electron chi connectivity index (χ1n) is 9.87. The van der Waals surface area contributed by atoms with E-state index in [-0.39, 0.29) is 18.0 Å². The van der Waals surface area contributed by atoms with Crippen LogP contribution >= 0.6 is 0 Å². The molecule has 0 bridgehead atoms.